The van der Waals surface area contributed by atoms with Crippen molar-refractivity contribution in [3.63, 3.8) is 0 Å². The molecule has 0 aromatic rings. The van der Waals surface area contributed by atoms with Crippen molar-refractivity contribution in [3.05, 3.63) is 0 Å². The minimum atomic E-state index is 0.341. The van der Waals surface area contributed by atoms with Gasteiger partial charge in [0.25, 0.3) is 0 Å². The second-order valence-electron chi connectivity index (χ2n) is 6.53. The van der Waals surface area contributed by atoms with Crippen LogP contribution in [0.2, 0.25) is 0 Å². The molecule has 2 N–H and O–H groups in total. The largest absolute Gasteiger partial charge is 0.329 e. The minimum Gasteiger partial charge on any atom is -0.329 e. The van der Waals surface area contributed by atoms with Gasteiger partial charge in [-0.1, -0.05) is 45.4 Å². The van der Waals surface area contributed by atoms with Gasteiger partial charge >= 0.3 is 0 Å². The molecule has 0 radical (unpaired) electrons. The molecule has 0 amide bonds. The van der Waals surface area contributed by atoms with E-state index in [1.165, 1.54) is 77.3 Å². The maximum absolute atomic E-state index is 6.22. The van der Waals surface area contributed by atoms with Gasteiger partial charge in [0.2, 0.25) is 0 Å². The van der Waals surface area contributed by atoms with Crippen molar-refractivity contribution in [2.24, 2.45) is 11.7 Å². The van der Waals surface area contributed by atoms with Gasteiger partial charge in [-0.2, -0.15) is 0 Å². The fraction of sp³-hybridized carbons (Fsp3) is 1.00. The zero-order valence-corrected chi connectivity index (χ0v) is 12.3. The summed E-state index contributed by atoms with van der Waals surface area (Å²) in [5.74, 6) is 0.955. The van der Waals surface area contributed by atoms with Crippen molar-refractivity contribution < 1.29 is 0 Å². The molecule has 2 aliphatic rings. The van der Waals surface area contributed by atoms with Crippen molar-refractivity contribution in [1.29, 1.82) is 0 Å². The maximum Gasteiger partial charge on any atom is 0.0331 e. The van der Waals surface area contributed by atoms with Crippen molar-refractivity contribution in [2.75, 3.05) is 19.6 Å². The second kappa shape index (κ2) is 6.91. The fourth-order valence-electron chi connectivity index (χ4n) is 4.20. The molecule has 0 aromatic carbocycles. The van der Waals surface area contributed by atoms with E-state index in [2.05, 4.69) is 11.8 Å². The summed E-state index contributed by atoms with van der Waals surface area (Å²) in [5.41, 5.74) is 6.56. The van der Waals surface area contributed by atoms with Crippen LogP contribution in [0.25, 0.3) is 0 Å². The molecule has 0 bridgehead atoms. The monoisotopic (exact) mass is 252 g/mol. The molecule has 0 aromatic heterocycles. The number of nitrogens with two attached hydrogens (primary N) is 1. The summed E-state index contributed by atoms with van der Waals surface area (Å²) in [6.07, 6.45) is 14.1. The first kappa shape index (κ1) is 14.3. The third kappa shape index (κ3) is 3.27. The molecule has 2 aliphatic carbocycles. The summed E-state index contributed by atoms with van der Waals surface area (Å²) in [6.45, 7) is 5.70. The lowest BCUT2D eigenvalue weighted by molar-refractivity contribution is 0.0672. The van der Waals surface area contributed by atoms with Crippen molar-refractivity contribution in [3.8, 4) is 0 Å². The lowest BCUT2D eigenvalue weighted by atomic mass is 9.87. The Kier molecular flexibility index (Phi) is 5.50. The van der Waals surface area contributed by atoms with Crippen LogP contribution in [0, 0.1) is 5.92 Å². The summed E-state index contributed by atoms with van der Waals surface area (Å²) in [4.78, 5) is 2.76. The minimum absolute atomic E-state index is 0.341. The Labute approximate surface area is 113 Å². The first-order valence-electron chi connectivity index (χ1n) is 8.26. The van der Waals surface area contributed by atoms with E-state index in [0.717, 1.165) is 12.5 Å². The Morgan fingerprint density at radius 2 is 1.61 bits per heavy atom. The van der Waals surface area contributed by atoms with Gasteiger partial charge < -0.3 is 5.73 Å². The highest BCUT2D eigenvalue weighted by molar-refractivity contribution is 4.93. The topological polar surface area (TPSA) is 29.3 Å². The van der Waals surface area contributed by atoms with E-state index < -0.39 is 0 Å². The van der Waals surface area contributed by atoms with Gasteiger partial charge in [-0.3, -0.25) is 4.90 Å². The first-order valence-corrected chi connectivity index (χ1v) is 8.26. The van der Waals surface area contributed by atoms with E-state index in [1.54, 1.807) is 0 Å². The van der Waals surface area contributed by atoms with Crippen molar-refractivity contribution >= 4 is 0 Å². The summed E-state index contributed by atoms with van der Waals surface area (Å²) in [6, 6.07) is 0. The van der Waals surface area contributed by atoms with Gasteiger partial charge in [-0.15, -0.1) is 0 Å². The molecule has 2 fully saturated rings. The van der Waals surface area contributed by atoms with Gasteiger partial charge in [0.1, 0.15) is 0 Å². The Hall–Kier alpha value is -0.0800. The number of rotatable bonds is 5. The quantitative estimate of drug-likeness (QED) is 0.758. The number of likely N-dealkylation sites (N-methyl/N-ethyl adjacent to an activating group) is 1. The molecule has 0 saturated heterocycles. The Balaban J connectivity index is 2.01. The van der Waals surface area contributed by atoms with Crippen LogP contribution in [0.5, 0.6) is 0 Å². The molecule has 0 unspecified atom stereocenters. The Morgan fingerprint density at radius 1 is 1.00 bits per heavy atom. The van der Waals surface area contributed by atoms with Gasteiger partial charge in [0.15, 0.2) is 0 Å². The Bertz CT molecular complexity index is 225. The summed E-state index contributed by atoms with van der Waals surface area (Å²) in [7, 11) is 0. The van der Waals surface area contributed by atoms with E-state index in [4.69, 9.17) is 5.73 Å². The molecular formula is C16H32N2. The third-order valence-corrected chi connectivity index (χ3v) is 5.42. The van der Waals surface area contributed by atoms with Crippen LogP contribution in [0.15, 0.2) is 0 Å². The molecule has 2 rings (SSSR count). The summed E-state index contributed by atoms with van der Waals surface area (Å²) >= 11 is 0. The predicted molar refractivity (Wildman–Crippen MR) is 78.7 cm³/mol. The standard InChI is InChI=1S/C16H32N2/c1-2-18(13-15-9-5-6-10-15)16(14-17)11-7-3-4-8-12-16/h15H,2-14,17H2,1H3. The first-order chi connectivity index (χ1) is 8.80. The van der Waals surface area contributed by atoms with Crippen LogP contribution in [0.4, 0.5) is 0 Å². The van der Waals surface area contributed by atoms with Gasteiger partial charge in [0, 0.05) is 18.6 Å². The lowest BCUT2D eigenvalue weighted by Crippen LogP contribution is -2.54. The highest BCUT2D eigenvalue weighted by atomic mass is 15.2. The predicted octanol–water partition coefficient (Wildman–Crippen LogP) is 3.55. The van der Waals surface area contributed by atoms with Crippen molar-refractivity contribution in [1.82, 2.24) is 4.90 Å². The highest BCUT2D eigenvalue weighted by Gasteiger charge is 2.36. The zero-order valence-electron chi connectivity index (χ0n) is 12.3. The normalized spacial score (nSPS) is 25.5. The van der Waals surface area contributed by atoms with Gasteiger partial charge in [-0.05, 0) is 38.1 Å². The molecule has 0 spiro atoms. The molecule has 106 valence electrons. The van der Waals surface area contributed by atoms with Crippen LogP contribution in [-0.2, 0) is 0 Å². The van der Waals surface area contributed by atoms with E-state index >= 15 is 0 Å². The van der Waals surface area contributed by atoms with Crippen LogP contribution in [-0.4, -0.2) is 30.1 Å². The van der Waals surface area contributed by atoms with Crippen LogP contribution >= 0.6 is 0 Å². The Morgan fingerprint density at radius 3 is 2.11 bits per heavy atom. The number of hydrogen-bond donors (Lipinski definition) is 1. The molecule has 0 heterocycles. The fourth-order valence-corrected chi connectivity index (χ4v) is 4.20. The lowest BCUT2D eigenvalue weighted by Gasteiger charge is -2.44. The van der Waals surface area contributed by atoms with E-state index in [-0.39, 0.29) is 0 Å². The van der Waals surface area contributed by atoms with E-state index in [9.17, 15) is 0 Å². The second-order valence-corrected chi connectivity index (χ2v) is 6.53. The van der Waals surface area contributed by atoms with Crippen LogP contribution in [0.3, 0.4) is 0 Å². The van der Waals surface area contributed by atoms with E-state index in [0.29, 0.717) is 5.54 Å². The summed E-state index contributed by atoms with van der Waals surface area (Å²) < 4.78 is 0. The molecule has 2 saturated carbocycles. The number of hydrogen-bond acceptors (Lipinski definition) is 2. The van der Waals surface area contributed by atoms with Crippen LogP contribution < -0.4 is 5.73 Å². The molecular weight excluding hydrogens is 220 g/mol. The molecule has 2 heteroatoms. The van der Waals surface area contributed by atoms with Gasteiger partial charge in [-0.25, -0.2) is 0 Å². The average Bonchev–Trinajstić information content (AvgIpc) is 2.79. The number of nitrogens with zero attached hydrogens (tertiary/aromatic N) is 1. The smallest absolute Gasteiger partial charge is 0.0331 e. The molecule has 2 nitrogen and oxygen atoms in total. The van der Waals surface area contributed by atoms with Gasteiger partial charge in [0.05, 0.1) is 0 Å². The highest BCUT2D eigenvalue weighted by Crippen LogP contribution is 2.34. The van der Waals surface area contributed by atoms with E-state index in [1.807, 2.05) is 0 Å². The maximum atomic E-state index is 6.22. The third-order valence-electron chi connectivity index (χ3n) is 5.42. The van der Waals surface area contributed by atoms with Crippen LogP contribution in [0.1, 0.15) is 71.1 Å². The molecule has 0 aliphatic heterocycles. The average molecular weight is 252 g/mol. The molecule has 18 heavy (non-hydrogen) atoms. The SMILES string of the molecule is CCN(CC1CCCC1)C1(CN)CCCCCC1. The zero-order chi connectivity index (χ0) is 12.8. The summed E-state index contributed by atoms with van der Waals surface area (Å²) in [5, 5.41) is 0. The van der Waals surface area contributed by atoms with Crippen molar-refractivity contribution in [2.45, 2.75) is 76.7 Å². The molecule has 0 atom stereocenters.